The van der Waals surface area contributed by atoms with Crippen LogP contribution in [0.25, 0.3) is 0 Å². The number of hydrogen-bond donors (Lipinski definition) is 1. The van der Waals surface area contributed by atoms with Crippen molar-refractivity contribution in [2.45, 2.75) is 26.3 Å². The fourth-order valence-corrected chi connectivity index (χ4v) is 1.50. The zero-order chi connectivity index (χ0) is 11.3. The summed E-state index contributed by atoms with van der Waals surface area (Å²) in [6.07, 6.45) is 1.03. The average Bonchev–Trinajstić information content (AvgIpc) is 2.18. The van der Waals surface area contributed by atoms with E-state index in [0.29, 0.717) is 6.04 Å². The molecule has 1 aromatic carbocycles. The van der Waals surface area contributed by atoms with E-state index in [2.05, 4.69) is 37.9 Å². The van der Waals surface area contributed by atoms with Crippen molar-refractivity contribution in [2.24, 2.45) is 0 Å². The van der Waals surface area contributed by atoms with Crippen molar-refractivity contribution in [2.75, 3.05) is 6.54 Å². The second-order valence-corrected chi connectivity index (χ2v) is 4.37. The van der Waals surface area contributed by atoms with Gasteiger partial charge in [0.2, 0.25) is 0 Å². The fourth-order valence-electron chi connectivity index (χ4n) is 1.37. The van der Waals surface area contributed by atoms with Crippen molar-refractivity contribution in [3.63, 3.8) is 0 Å². The molecular weight excluding hydrogens is 206 g/mol. The predicted molar refractivity (Wildman–Crippen MR) is 67.3 cm³/mol. The lowest BCUT2D eigenvalue weighted by Gasteiger charge is -2.14. The highest BCUT2D eigenvalue weighted by atomic mass is 35.5. The molecule has 1 rings (SSSR count). The molecule has 0 aromatic heterocycles. The molecule has 82 valence electrons. The molecule has 0 radical (unpaired) electrons. The number of hydrogen-bond acceptors (Lipinski definition) is 1. The van der Waals surface area contributed by atoms with Crippen LogP contribution in [0.5, 0.6) is 0 Å². The van der Waals surface area contributed by atoms with E-state index in [0.717, 1.165) is 18.0 Å². The molecule has 0 saturated carbocycles. The summed E-state index contributed by atoms with van der Waals surface area (Å²) in [4.78, 5) is 0. The molecule has 0 heterocycles. The molecule has 0 aliphatic rings. The minimum atomic E-state index is 0.363. The summed E-state index contributed by atoms with van der Waals surface area (Å²) >= 11 is 5.83. The summed E-state index contributed by atoms with van der Waals surface area (Å²) in [5.41, 5.74) is 2.48. The molecule has 0 spiro atoms. The highest BCUT2D eigenvalue weighted by Gasteiger charge is 2.03. The first-order chi connectivity index (χ1) is 7.09. The fraction of sp³-hybridized carbons (Fsp3) is 0.385. The smallest absolute Gasteiger partial charge is 0.0406 e. The SMILES string of the molecule is C=C(C)CCN[C@@H](C)c1ccc(Cl)cc1. The van der Waals surface area contributed by atoms with E-state index in [1.54, 1.807) is 0 Å². The van der Waals surface area contributed by atoms with Gasteiger partial charge < -0.3 is 5.32 Å². The molecule has 15 heavy (non-hydrogen) atoms. The van der Waals surface area contributed by atoms with Gasteiger partial charge >= 0.3 is 0 Å². The van der Waals surface area contributed by atoms with Crippen LogP contribution in [0.1, 0.15) is 31.9 Å². The Morgan fingerprint density at radius 3 is 2.53 bits per heavy atom. The Morgan fingerprint density at radius 2 is 2.00 bits per heavy atom. The highest BCUT2D eigenvalue weighted by Crippen LogP contribution is 2.15. The van der Waals surface area contributed by atoms with Gasteiger partial charge in [0, 0.05) is 11.1 Å². The van der Waals surface area contributed by atoms with Gasteiger partial charge in [-0.2, -0.15) is 0 Å². The second kappa shape index (κ2) is 5.94. The van der Waals surface area contributed by atoms with Crippen molar-refractivity contribution >= 4 is 11.6 Å². The lowest BCUT2D eigenvalue weighted by molar-refractivity contribution is 0.576. The molecule has 0 unspecified atom stereocenters. The van der Waals surface area contributed by atoms with Crippen molar-refractivity contribution in [3.8, 4) is 0 Å². The van der Waals surface area contributed by atoms with Crippen LogP contribution in [0, 0.1) is 0 Å². The summed E-state index contributed by atoms with van der Waals surface area (Å²) in [7, 11) is 0. The Labute approximate surface area is 97.1 Å². The Bertz CT molecular complexity index is 316. The zero-order valence-electron chi connectivity index (χ0n) is 9.39. The van der Waals surface area contributed by atoms with Crippen LogP contribution in [0.4, 0.5) is 0 Å². The molecule has 0 saturated heterocycles. The van der Waals surface area contributed by atoms with Crippen LogP contribution in [0.15, 0.2) is 36.4 Å². The van der Waals surface area contributed by atoms with E-state index in [4.69, 9.17) is 11.6 Å². The van der Waals surface area contributed by atoms with Gasteiger partial charge in [-0.05, 0) is 44.5 Å². The van der Waals surface area contributed by atoms with E-state index in [1.807, 2.05) is 12.1 Å². The first-order valence-corrected chi connectivity index (χ1v) is 5.60. The normalized spacial score (nSPS) is 12.5. The van der Waals surface area contributed by atoms with Gasteiger partial charge in [0.15, 0.2) is 0 Å². The Hall–Kier alpha value is -0.790. The molecule has 0 bridgehead atoms. The topological polar surface area (TPSA) is 12.0 Å². The minimum Gasteiger partial charge on any atom is -0.310 e. The molecular formula is C13H18ClN. The van der Waals surface area contributed by atoms with Crippen LogP contribution >= 0.6 is 11.6 Å². The number of halogens is 1. The largest absolute Gasteiger partial charge is 0.310 e. The summed E-state index contributed by atoms with van der Waals surface area (Å²) in [6, 6.07) is 8.32. The molecule has 0 amide bonds. The van der Waals surface area contributed by atoms with Gasteiger partial charge in [0.1, 0.15) is 0 Å². The molecule has 0 aliphatic carbocycles. The third-order valence-corrected chi connectivity index (χ3v) is 2.62. The van der Waals surface area contributed by atoms with E-state index >= 15 is 0 Å². The number of nitrogens with one attached hydrogen (secondary N) is 1. The van der Waals surface area contributed by atoms with Crippen molar-refractivity contribution < 1.29 is 0 Å². The van der Waals surface area contributed by atoms with Crippen molar-refractivity contribution in [1.29, 1.82) is 0 Å². The number of rotatable bonds is 5. The van der Waals surface area contributed by atoms with Gasteiger partial charge in [-0.1, -0.05) is 29.3 Å². The molecule has 1 nitrogen and oxygen atoms in total. The van der Waals surface area contributed by atoms with Crippen molar-refractivity contribution in [1.82, 2.24) is 5.32 Å². The lowest BCUT2D eigenvalue weighted by Crippen LogP contribution is -2.19. The first-order valence-electron chi connectivity index (χ1n) is 5.23. The molecule has 2 heteroatoms. The third-order valence-electron chi connectivity index (χ3n) is 2.37. The monoisotopic (exact) mass is 223 g/mol. The summed E-state index contributed by atoms with van der Waals surface area (Å²) < 4.78 is 0. The maximum absolute atomic E-state index is 5.83. The van der Waals surface area contributed by atoms with E-state index in [9.17, 15) is 0 Å². The quantitative estimate of drug-likeness (QED) is 0.746. The number of benzene rings is 1. The highest BCUT2D eigenvalue weighted by molar-refractivity contribution is 6.30. The van der Waals surface area contributed by atoms with E-state index < -0.39 is 0 Å². The summed E-state index contributed by atoms with van der Waals surface area (Å²) in [6.45, 7) is 9.05. The maximum Gasteiger partial charge on any atom is 0.0406 e. The Balaban J connectivity index is 2.43. The molecule has 1 aromatic rings. The maximum atomic E-state index is 5.83. The molecule has 0 aliphatic heterocycles. The van der Waals surface area contributed by atoms with Gasteiger partial charge in [-0.15, -0.1) is 6.58 Å². The van der Waals surface area contributed by atoms with Crippen LogP contribution in [-0.2, 0) is 0 Å². The minimum absolute atomic E-state index is 0.363. The third kappa shape index (κ3) is 4.50. The van der Waals surface area contributed by atoms with E-state index in [1.165, 1.54) is 11.1 Å². The predicted octanol–water partition coefficient (Wildman–Crippen LogP) is 3.96. The molecule has 1 atom stereocenters. The van der Waals surface area contributed by atoms with Crippen molar-refractivity contribution in [3.05, 3.63) is 47.0 Å². The Kier molecular flexibility index (Phi) is 4.86. The molecule has 0 fully saturated rings. The Morgan fingerprint density at radius 1 is 1.40 bits per heavy atom. The summed E-state index contributed by atoms with van der Waals surface area (Å²) in [5.74, 6) is 0. The first kappa shape index (κ1) is 12.3. The van der Waals surface area contributed by atoms with Gasteiger partial charge in [0.25, 0.3) is 0 Å². The average molecular weight is 224 g/mol. The van der Waals surface area contributed by atoms with Gasteiger partial charge in [-0.3, -0.25) is 0 Å². The second-order valence-electron chi connectivity index (χ2n) is 3.93. The molecule has 1 N–H and O–H groups in total. The van der Waals surface area contributed by atoms with E-state index in [-0.39, 0.29) is 0 Å². The standard InChI is InChI=1S/C13H18ClN/c1-10(2)8-9-15-11(3)12-4-6-13(14)7-5-12/h4-7,11,15H,1,8-9H2,2-3H3/t11-/m0/s1. The summed E-state index contributed by atoms with van der Waals surface area (Å²) in [5, 5.41) is 4.23. The zero-order valence-corrected chi connectivity index (χ0v) is 10.1. The van der Waals surface area contributed by atoms with Gasteiger partial charge in [-0.25, -0.2) is 0 Å². The van der Waals surface area contributed by atoms with Crippen LogP contribution in [-0.4, -0.2) is 6.54 Å². The van der Waals surface area contributed by atoms with Crippen LogP contribution in [0.3, 0.4) is 0 Å². The van der Waals surface area contributed by atoms with Crippen LogP contribution in [0.2, 0.25) is 5.02 Å². The van der Waals surface area contributed by atoms with Gasteiger partial charge in [0.05, 0.1) is 0 Å². The van der Waals surface area contributed by atoms with Crippen LogP contribution < -0.4 is 5.32 Å². The lowest BCUT2D eigenvalue weighted by atomic mass is 10.1.